The highest BCUT2D eigenvalue weighted by atomic mass is 16.2. The predicted molar refractivity (Wildman–Crippen MR) is 71.2 cm³/mol. The molecule has 18 heavy (non-hydrogen) atoms. The second kappa shape index (κ2) is 6.71. The van der Waals surface area contributed by atoms with E-state index >= 15 is 0 Å². The van der Waals surface area contributed by atoms with Crippen molar-refractivity contribution in [3.8, 4) is 0 Å². The van der Waals surface area contributed by atoms with Crippen LogP contribution in [0.3, 0.4) is 0 Å². The van der Waals surface area contributed by atoms with Gasteiger partial charge in [0.05, 0.1) is 6.04 Å². The van der Waals surface area contributed by atoms with Crippen LogP contribution >= 0.6 is 0 Å². The monoisotopic (exact) mass is 243 g/mol. The van der Waals surface area contributed by atoms with Crippen LogP contribution in [0.1, 0.15) is 24.4 Å². The molecule has 2 N–H and O–H groups in total. The van der Waals surface area contributed by atoms with E-state index in [0.29, 0.717) is 5.95 Å². The highest BCUT2D eigenvalue weighted by molar-refractivity contribution is 5.31. The Balaban J connectivity index is 2.10. The number of aromatic nitrogens is 2. The van der Waals surface area contributed by atoms with E-state index in [9.17, 15) is 0 Å². The third-order valence-electron chi connectivity index (χ3n) is 2.72. The minimum absolute atomic E-state index is 0.126. The Kier molecular flexibility index (Phi) is 4.67. The molecule has 0 aliphatic carbocycles. The van der Waals surface area contributed by atoms with Crippen LogP contribution in [0, 0.1) is 0 Å². The Morgan fingerprint density at radius 3 is 2.44 bits per heavy atom. The third-order valence-corrected chi connectivity index (χ3v) is 2.72. The van der Waals surface area contributed by atoms with Crippen molar-refractivity contribution in [2.75, 3.05) is 11.9 Å². The lowest BCUT2D eigenvalue weighted by molar-refractivity contribution is 0.281. The molecule has 1 atom stereocenters. The van der Waals surface area contributed by atoms with Gasteiger partial charge in [-0.15, -0.1) is 0 Å². The standard InChI is InChI=1S/C14H17N3O/c18-11-4-8-13(12-6-2-1-3-7-12)17-14-15-9-5-10-16-14/h1-3,5-7,9-10,13,18H,4,8,11H2,(H,15,16,17). The second-order valence-corrected chi connectivity index (χ2v) is 4.05. The molecule has 0 aliphatic heterocycles. The highest BCUT2D eigenvalue weighted by Crippen LogP contribution is 2.21. The van der Waals surface area contributed by atoms with E-state index in [1.165, 1.54) is 5.56 Å². The summed E-state index contributed by atoms with van der Waals surface area (Å²) in [5.41, 5.74) is 1.18. The van der Waals surface area contributed by atoms with E-state index < -0.39 is 0 Å². The largest absolute Gasteiger partial charge is 0.396 e. The molecule has 0 radical (unpaired) electrons. The van der Waals surface area contributed by atoms with Crippen molar-refractivity contribution in [2.24, 2.45) is 0 Å². The molecule has 1 aromatic heterocycles. The van der Waals surface area contributed by atoms with Crippen molar-refractivity contribution in [1.82, 2.24) is 9.97 Å². The van der Waals surface area contributed by atoms with Crippen LogP contribution in [0.5, 0.6) is 0 Å². The zero-order valence-corrected chi connectivity index (χ0v) is 10.2. The van der Waals surface area contributed by atoms with Crippen LogP contribution in [-0.4, -0.2) is 21.7 Å². The van der Waals surface area contributed by atoms with Crippen molar-refractivity contribution in [3.63, 3.8) is 0 Å². The quantitative estimate of drug-likeness (QED) is 0.818. The molecule has 4 nitrogen and oxygen atoms in total. The molecule has 2 rings (SSSR count). The highest BCUT2D eigenvalue weighted by Gasteiger charge is 2.11. The van der Waals surface area contributed by atoms with E-state index in [1.54, 1.807) is 18.5 Å². The summed E-state index contributed by atoms with van der Waals surface area (Å²) in [5, 5.41) is 12.3. The summed E-state index contributed by atoms with van der Waals surface area (Å²) >= 11 is 0. The number of nitrogens with one attached hydrogen (secondary N) is 1. The van der Waals surface area contributed by atoms with Gasteiger partial charge in [-0.2, -0.15) is 0 Å². The molecule has 0 aliphatic rings. The molecule has 0 bridgehead atoms. The lowest BCUT2D eigenvalue weighted by Crippen LogP contribution is -2.13. The molecule has 0 amide bonds. The number of aliphatic hydroxyl groups excluding tert-OH is 1. The first-order valence-corrected chi connectivity index (χ1v) is 6.09. The number of hydrogen-bond acceptors (Lipinski definition) is 4. The number of rotatable bonds is 6. The summed E-state index contributed by atoms with van der Waals surface area (Å²) in [6.45, 7) is 0.195. The first kappa shape index (κ1) is 12.5. The maximum Gasteiger partial charge on any atom is 0.223 e. The molecule has 1 unspecified atom stereocenters. The van der Waals surface area contributed by atoms with Gasteiger partial charge in [0.15, 0.2) is 0 Å². The SMILES string of the molecule is OCCCC(Nc1ncccn1)c1ccccc1. The zero-order chi connectivity index (χ0) is 12.6. The smallest absolute Gasteiger partial charge is 0.223 e. The Morgan fingerprint density at radius 2 is 1.78 bits per heavy atom. The maximum absolute atomic E-state index is 8.97. The molecule has 0 saturated carbocycles. The first-order chi connectivity index (χ1) is 8.90. The number of benzene rings is 1. The molecule has 0 fully saturated rings. The normalized spacial score (nSPS) is 12.1. The van der Waals surface area contributed by atoms with Gasteiger partial charge in [0.25, 0.3) is 0 Å². The average Bonchev–Trinajstić information content (AvgIpc) is 2.45. The van der Waals surface area contributed by atoms with Crippen molar-refractivity contribution >= 4 is 5.95 Å². The van der Waals surface area contributed by atoms with Gasteiger partial charge in [-0.05, 0) is 24.5 Å². The van der Waals surface area contributed by atoms with Gasteiger partial charge in [0, 0.05) is 19.0 Å². The van der Waals surface area contributed by atoms with E-state index in [4.69, 9.17) is 5.11 Å². The Bertz CT molecular complexity index is 447. The summed E-state index contributed by atoms with van der Waals surface area (Å²) in [5.74, 6) is 0.615. The van der Waals surface area contributed by atoms with Crippen LogP contribution in [0.25, 0.3) is 0 Å². The van der Waals surface area contributed by atoms with Crippen molar-refractivity contribution in [1.29, 1.82) is 0 Å². The van der Waals surface area contributed by atoms with Gasteiger partial charge in [0.1, 0.15) is 0 Å². The van der Waals surface area contributed by atoms with Gasteiger partial charge in [-0.3, -0.25) is 0 Å². The minimum Gasteiger partial charge on any atom is -0.396 e. The average molecular weight is 243 g/mol. The van der Waals surface area contributed by atoms with E-state index in [1.807, 2.05) is 18.2 Å². The predicted octanol–water partition coefficient (Wildman–Crippen LogP) is 2.40. The summed E-state index contributed by atoms with van der Waals surface area (Å²) in [6, 6.07) is 12.1. The summed E-state index contributed by atoms with van der Waals surface area (Å²) in [7, 11) is 0. The number of hydrogen-bond donors (Lipinski definition) is 2. The van der Waals surface area contributed by atoms with E-state index in [0.717, 1.165) is 12.8 Å². The second-order valence-electron chi connectivity index (χ2n) is 4.05. The topological polar surface area (TPSA) is 58.0 Å². The zero-order valence-electron chi connectivity index (χ0n) is 10.2. The number of nitrogens with zero attached hydrogens (tertiary/aromatic N) is 2. The first-order valence-electron chi connectivity index (χ1n) is 6.09. The Labute approximate surface area is 107 Å². The molecule has 4 heteroatoms. The molecule has 0 saturated heterocycles. The van der Waals surface area contributed by atoms with Crippen molar-refractivity contribution in [2.45, 2.75) is 18.9 Å². The van der Waals surface area contributed by atoms with Crippen LogP contribution < -0.4 is 5.32 Å². The van der Waals surface area contributed by atoms with E-state index in [-0.39, 0.29) is 12.6 Å². The fourth-order valence-corrected chi connectivity index (χ4v) is 1.83. The summed E-state index contributed by atoms with van der Waals surface area (Å²) in [4.78, 5) is 8.33. The van der Waals surface area contributed by atoms with Crippen LogP contribution in [-0.2, 0) is 0 Å². The van der Waals surface area contributed by atoms with Crippen LogP contribution in [0.2, 0.25) is 0 Å². The van der Waals surface area contributed by atoms with Gasteiger partial charge < -0.3 is 10.4 Å². The molecule has 0 spiro atoms. The van der Waals surface area contributed by atoms with Gasteiger partial charge in [0.2, 0.25) is 5.95 Å². The van der Waals surface area contributed by atoms with E-state index in [2.05, 4.69) is 27.4 Å². The maximum atomic E-state index is 8.97. The number of aliphatic hydroxyl groups is 1. The summed E-state index contributed by atoms with van der Waals surface area (Å²) < 4.78 is 0. The summed E-state index contributed by atoms with van der Waals surface area (Å²) in [6.07, 6.45) is 5.02. The van der Waals surface area contributed by atoms with Crippen LogP contribution in [0.15, 0.2) is 48.8 Å². The molecule has 2 aromatic rings. The van der Waals surface area contributed by atoms with Gasteiger partial charge in [-0.1, -0.05) is 30.3 Å². The molecular formula is C14H17N3O. The molecular weight excluding hydrogens is 226 g/mol. The third kappa shape index (κ3) is 3.53. The molecule has 94 valence electrons. The Morgan fingerprint density at radius 1 is 1.06 bits per heavy atom. The Hall–Kier alpha value is -1.94. The molecule has 1 aromatic carbocycles. The lowest BCUT2D eigenvalue weighted by Gasteiger charge is -2.18. The fourth-order valence-electron chi connectivity index (χ4n) is 1.83. The van der Waals surface area contributed by atoms with Gasteiger partial charge >= 0.3 is 0 Å². The lowest BCUT2D eigenvalue weighted by atomic mass is 10.0. The van der Waals surface area contributed by atoms with Crippen molar-refractivity contribution < 1.29 is 5.11 Å². The van der Waals surface area contributed by atoms with Crippen LogP contribution in [0.4, 0.5) is 5.95 Å². The number of anilines is 1. The minimum atomic E-state index is 0.126. The molecule has 1 heterocycles. The fraction of sp³-hybridized carbons (Fsp3) is 0.286. The van der Waals surface area contributed by atoms with Crippen molar-refractivity contribution in [3.05, 3.63) is 54.4 Å². The van der Waals surface area contributed by atoms with Gasteiger partial charge in [-0.25, -0.2) is 9.97 Å².